The minimum absolute atomic E-state index is 0.205. The predicted octanol–water partition coefficient (Wildman–Crippen LogP) is 4.59. The standard InChI is InChI=1S/C17H15BrClNO3/c1-10-3-6-13(7-4-10)20-16(21)11(2)23-17(22)14-9-12(18)5-8-15(14)19/h3-9,11H,1-2H3,(H,20,21)/t11-/m0/s1. The molecule has 2 aromatic carbocycles. The molecule has 120 valence electrons. The Kier molecular flexibility index (Phi) is 5.80. The highest BCUT2D eigenvalue weighted by Crippen LogP contribution is 2.22. The first-order valence-corrected chi connectivity index (χ1v) is 8.07. The van der Waals surface area contributed by atoms with Crippen LogP contribution in [0.5, 0.6) is 0 Å². The van der Waals surface area contributed by atoms with Gasteiger partial charge in [-0.2, -0.15) is 0 Å². The van der Waals surface area contributed by atoms with Gasteiger partial charge in [-0.3, -0.25) is 4.79 Å². The van der Waals surface area contributed by atoms with E-state index in [4.69, 9.17) is 16.3 Å². The fraction of sp³-hybridized carbons (Fsp3) is 0.176. The van der Waals surface area contributed by atoms with Crippen molar-refractivity contribution in [1.82, 2.24) is 0 Å². The van der Waals surface area contributed by atoms with Crippen molar-refractivity contribution in [3.05, 3.63) is 63.1 Å². The van der Waals surface area contributed by atoms with E-state index in [0.717, 1.165) is 5.56 Å². The summed E-state index contributed by atoms with van der Waals surface area (Å²) in [5.74, 6) is -1.06. The van der Waals surface area contributed by atoms with Gasteiger partial charge in [0, 0.05) is 10.2 Å². The molecule has 0 spiro atoms. The Morgan fingerprint density at radius 3 is 2.48 bits per heavy atom. The van der Waals surface area contributed by atoms with E-state index in [1.54, 1.807) is 30.3 Å². The lowest BCUT2D eigenvalue weighted by atomic mass is 10.2. The molecule has 0 unspecified atom stereocenters. The van der Waals surface area contributed by atoms with Crippen molar-refractivity contribution < 1.29 is 14.3 Å². The molecule has 0 aliphatic rings. The van der Waals surface area contributed by atoms with E-state index in [2.05, 4.69) is 21.2 Å². The van der Waals surface area contributed by atoms with Crippen LogP contribution in [0.1, 0.15) is 22.8 Å². The number of esters is 1. The van der Waals surface area contributed by atoms with Gasteiger partial charge in [-0.1, -0.05) is 45.2 Å². The lowest BCUT2D eigenvalue weighted by molar-refractivity contribution is -0.123. The maximum atomic E-state index is 12.1. The third-order valence-corrected chi connectivity index (χ3v) is 3.94. The van der Waals surface area contributed by atoms with Crippen LogP contribution in [0.3, 0.4) is 0 Å². The zero-order chi connectivity index (χ0) is 17.0. The highest BCUT2D eigenvalue weighted by Gasteiger charge is 2.20. The molecule has 0 aromatic heterocycles. The summed E-state index contributed by atoms with van der Waals surface area (Å²) >= 11 is 9.24. The number of halogens is 2. The number of anilines is 1. The molecule has 2 rings (SSSR count). The van der Waals surface area contributed by atoms with Crippen LogP contribution in [-0.2, 0) is 9.53 Å². The van der Waals surface area contributed by atoms with E-state index in [9.17, 15) is 9.59 Å². The second kappa shape index (κ2) is 7.62. The van der Waals surface area contributed by atoms with Crippen molar-refractivity contribution in [2.24, 2.45) is 0 Å². The number of amides is 1. The van der Waals surface area contributed by atoms with Crippen LogP contribution in [0.2, 0.25) is 5.02 Å². The summed E-state index contributed by atoms with van der Waals surface area (Å²) in [6, 6.07) is 12.2. The van der Waals surface area contributed by atoms with Crippen LogP contribution in [-0.4, -0.2) is 18.0 Å². The summed E-state index contributed by atoms with van der Waals surface area (Å²) in [6.07, 6.45) is -0.946. The Morgan fingerprint density at radius 1 is 1.17 bits per heavy atom. The van der Waals surface area contributed by atoms with Gasteiger partial charge in [-0.15, -0.1) is 0 Å². The van der Waals surface area contributed by atoms with Gasteiger partial charge in [-0.25, -0.2) is 4.79 Å². The predicted molar refractivity (Wildman–Crippen MR) is 93.8 cm³/mol. The topological polar surface area (TPSA) is 55.4 Å². The first-order chi connectivity index (χ1) is 10.9. The van der Waals surface area contributed by atoms with Crippen molar-refractivity contribution in [2.45, 2.75) is 20.0 Å². The van der Waals surface area contributed by atoms with Gasteiger partial charge in [0.1, 0.15) is 0 Å². The van der Waals surface area contributed by atoms with Gasteiger partial charge in [0.25, 0.3) is 5.91 Å². The zero-order valence-corrected chi connectivity index (χ0v) is 14.9. The summed E-state index contributed by atoms with van der Waals surface area (Å²) in [5.41, 5.74) is 1.94. The maximum Gasteiger partial charge on any atom is 0.340 e. The summed E-state index contributed by atoms with van der Waals surface area (Å²) in [7, 11) is 0. The fourth-order valence-electron chi connectivity index (χ4n) is 1.81. The molecule has 2 aromatic rings. The largest absolute Gasteiger partial charge is 0.449 e. The van der Waals surface area contributed by atoms with E-state index in [1.807, 2.05) is 19.1 Å². The summed E-state index contributed by atoms with van der Waals surface area (Å²) in [5, 5.41) is 2.96. The van der Waals surface area contributed by atoms with Gasteiger partial charge in [0.2, 0.25) is 0 Å². The Bertz CT molecular complexity index is 731. The van der Waals surface area contributed by atoms with Crippen LogP contribution >= 0.6 is 27.5 Å². The number of carbonyl (C=O) groups is 2. The fourth-order valence-corrected chi connectivity index (χ4v) is 2.37. The third-order valence-electron chi connectivity index (χ3n) is 3.12. The Morgan fingerprint density at radius 2 is 1.83 bits per heavy atom. The number of hydrogen-bond acceptors (Lipinski definition) is 3. The number of hydrogen-bond donors (Lipinski definition) is 1. The Hall–Kier alpha value is -1.85. The zero-order valence-electron chi connectivity index (χ0n) is 12.6. The van der Waals surface area contributed by atoms with Crippen LogP contribution in [0.15, 0.2) is 46.9 Å². The van der Waals surface area contributed by atoms with E-state index >= 15 is 0 Å². The molecule has 4 nitrogen and oxygen atoms in total. The third kappa shape index (κ3) is 4.81. The molecular weight excluding hydrogens is 382 g/mol. The molecular formula is C17H15BrClNO3. The molecule has 1 amide bonds. The average molecular weight is 397 g/mol. The van der Waals surface area contributed by atoms with Gasteiger partial charge in [-0.05, 0) is 44.2 Å². The number of rotatable bonds is 4. The molecule has 0 radical (unpaired) electrons. The van der Waals surface area contributed by atoms with E-state index < -0.39 is 18.0 Å². The number of ether oxygens (including phenoxy) is 1. The summed E-state index contributed by atoms with van der Waals surface area (Å²) < 4.78 is 5.87. The van der Waals surface area contributed by atoms with Crippen molar-refractivity contribution in [3.63, 3.8) is 0 Å². The van der Waals surface area contributed by atoms with E-state index in [0.29, 0.717) is 10.2 Å². The molecule has 0 aliphatic heterocycles. The van der Waals surface area contributed by atoms with Gasteiger partial charge < -0.3 is 10.1 Å². The van der Waals surface area contributed by atoms with Crippen molar-refractivity contribution in [2.75, 3.05) is 5.32 Å². The van der Waals surface area contributed by atoms with Crippen molar-refractivity contribution in [3.8, 4) is 0 Å². The lowest BCUT2D eigenvalue weighted by Gasteiger charge is -2.14. The summed E-state index contributed by atoms with van der Waals surface area (Å²) in [4.78, 5) is 24.2. The molecule has 23 heavy (non-hydrogen) atoms. The molecule has 0 saturated carbocycles. The number of nitrogens with one attached hydrogen (secondary N) is 1. The number of aryl methyl sites for hydroxylation is 1. The average Bonchev–Trinajstić information content (AvgIpc) is 2.51. The molecule has 0 fully saturated rings. The highest BCUT2D eigenvalue weighted by molar-refractivity contribution is 9.10. The van der Waals surface area contributed by atoms with Crippen molar-refractivity contribution >= 4 is 45.1 Å². The maximum absolute atomic E-state index is 12.1. The highest BCUT2D eigenvalue weighted by atomic mass is 79.9. The summed E-state index contributed by atoms with van der Waals surface area (Å²) in [6.45, 7) is 3.46. The molecule has 0 bridgehead atoms. The first-order valence-electron chi connectivity index (χ1n) is 6.90. The molecule has 1 atom stereocenters. The SMILES string of the molecule is Cc1ccc(NC(=O)[C@H](C)OC(=O)c2cc(Br)ccc2Cl)cc1. The minimum atomic E-state index is -0.946. The van der Waals surface area contributed by atoms with Gasteiger partial charge in [0.05, 0.1) is 10.6 Å². The lowest BCUT2D eigenvalue weighted by Crippen LogP contribution is -2.30. The Labute approximate surface area is 147 Å². The van der Waals surface area contributed by atoms with Gasteiger partial charge in [0.15, 0.2) is 6.10 Å². The molecule has 1 N–H and O–H groups in total. The van der Waals surface area contributed by atoms with E-state index in [1.165, 1.54) is 6.92 Å². The van der Waals surface area contributed by atoms with Crippen LogP contribution in [0.4, 0.5) is 5.69 Å². The second-order valence-corrected chi connectivity index (χ2v) is 6.35. The van der Waals surface area contributed by atoms with Crippen LogP contribution < -0.4 is 5.32 Å². The monoisotopic (exact) mass is 395 g/mol. The number of carbonyl (C=O) groups excluding carboxylic acids is 2. The van der Waals surface area contributed by atoms with Crippen LogP contribution in [0, 0.1) is 6.92 Å². The normalized spacial score (nSPS) is 11.7. The first kappa shape index (κ1) is 17.5. The smallest absolute Gasteiger partial charge is 0.340 e. The van der Waals surface area contributed by atoms with Crippen LogP contribution in [0.25, 0.3) is 0 Å². The van der Waals surface area contributed by atoms with Crippen molar-refractivity contribution in [1.29, 1.82) is 0 Å². The van der Waals surface area contributed by atoms with E-state index in [-0.39, 0.29) is 10.6 Å². The Balaban J connectivity index is 2.01. The molecule has 6 heteroatoms. The second-order valence-electron chi connectivity index (χ2n) is 5.03. The minimum Gasteiger partial charge on any atom is -0.449 e. The molecule has 0 heterocycles. The molecule has 0 aliphatic carbocycles. The molecule has 0 saturated heterocycles. The quantitative estimate of drug-likeness (QED) is 0.769. The number of benzene rings is 2. The van der Waals surface area contributed by atoms with Gasteiger partial charge >= 0.3 is 5.97 Å².